The number of rotatable bonds is 9. The van der Waals surface area contributed by atoms with Crippen LogP contribution in [0.2, 0.25) is 25.7 Å². The number of nitrogens with zero attached hydrogens (tertiary/aromatic N) is 2. The number of fused-ring (bicyclic) bond motifs is 3. The van der Waals surface area contributed by atoms with Crippen LogP contribution in [0, 0.1) is 0 Å². The molecule has 0 fully saturated rings. The highest BCUT2D eigenvalue weighted by Crippen LogP contribution is 2.44. The molecule has 176 valence electrons. The summed E-state index contributed by atoms with van der Waals surface area (Å²) in [5.41, 5.74) is 8.10. The van der Waals surface area contributed by atoms with Crippen LogP contribution in [0.25, 0.3) is 22.5 Å². The van der Waals surface area contributed by atoms with E-state index in [1.54, 1.807) is 7.11 Å². The third-order valence-electron chi connectivity index (χ3n) is 6.14. The van der Waals surface area contributed by atoms with Crippen LogP contribution >= 0.6 is 11.3 Å². The summed E-state index contributed by atoms with van der Waals surface area (Å²) in [4.78, 5) is 1.42. The second-order valence-electron chi connectivity index (χ2n) is 9.89. The van der Waals surface area contributed by atoms with Gasteiger partial charge in [0, 0.05) is 54.0 Å². The lowest BCUT2D eigenvalue weighted by Crippen LogP contribution is -2.22. The molecule has 4 aromatic rings. The molecular formula is C27H31N3O2SSi. The van der Waals surface area contributed by atoms with E-state index in [0.717, 1.165) is 47.5 Å². The normalized spacial score (nSPS) is 12.5. The quantitative estimate of drug-likeness (QED) is 0.175. The Morgan fingerprint density at radius 3 is 2.38 bits per heavy atom. The Morgan fingerprint density at radius 1 is 1.00 bits per heavy atom. The number of anilines is 2. The summed E-state index contributed by atoms with van der Waals surface area (Å²) in [6, 6.07) is 19.8. The van der Waals surface area contributed by atoms with Crippen molar-refractivity contribution in [2.24, 2.45) is 0 Å². The minimum Gasteiger partial charge on any atom is -0.497 e. The summed E-state index contributed by atoms with van der Waals surface area (Å²) >= 11 is 1.83. The van der Waals surface area contributed by atoms with E-state index in [1.807, 2.05) is 35.6 Å². The van der Waals surface area contributed by atoms with Crippen LogP contribution in [0.1, 0.15) is 10.4 Å². The molecule has 0 unspecified atom stereocenters. The van der Waals surface area contributed by atoms with E-state index in [4.69, 9.17) is 14.6 Å². The maximum atomic E-state index is 6.08. The lowest BCUT2D eigenvalue weighted by atomic mass is 10.1. The SMILES string of the molecule is COc1ccc(Nc2ccc(-c3nn(COCC[Si](C)(C)C)c4c3Cc3sccc3-4)cc2)cc1. The zero-order valence-electron chi connectivity index (χ0n) is 20.2. The molecule has 1 N–H and O–H groups in total. The molecule has 2 heterocycles. The topological polar surface area (TPSA) is 48.3 Å². The standard InChI is InChI=1S/C27H31N3O2SSi/c1-31-22-11-9-21(10-12-22)28-20-7-5-19(6-8-20)26-24-17-25-23(13-15-33-25)27(24)30(29-26)18-32-14-16-34(2,3)4/h5-13,15,28H,14,16-18H2,1-4H3. The van der Waals surface area contributed by atoms with E-state index in [2.05, 4.69) is 65.4 Å². The highest BCUT2D eigenvalue weighted by atomic mass is 32.1. The van der Waals surface area contributed by atoms with Crippen molar-refractivity contribution in [2.45, 2.75) is 38.8 Å². The van der Waals surface area contributed by atoms with Gasteiger partial charge in [0.2, 0.25) is 0 Å². The molecule has 0 radical (unpaired) electrons. The van der Waals surface area contributed by atoms with Gasteiger partial charge in [-0.15, -0.1) is 11.3 Å². The summed E-state index contributed by atoms with van der Waals surface area (Å²) in [5, 5.41) is 10.6. The van der Waals surface area contributed by atoms with Crippen molar-refractivity contribution in [3.63, 3.8) is 0 Å². The highest BCUT2D eigenvalue weighted by Gasteiger charge is 2.29. The third-order valence-corrected chi connectivity index (χ3v) is 8.76. The van der Waals surface area contributed by atoms with Crippen molar-refractivity contribution in [1.82, 2.24) is 9.78 Å². The summed E-state index contributed by atoms with van der Waals surface area (Å²) in [5.74, 6) is 0.850. The van der Waals surface area contributed by atoms with E-state index in [9.17, 15) is 0 Å². The number of thiophene rings is 1. The minimum atomic E-state index is -1.11. The van der Waals surface area contributed by atoms with Gasteiger partial charge in [0.1, 0.15) is 12.5 Å². The van der Waals surface area contributed by atoms with Gasteiger partial charge in [-0.1, -0.05) is 31.8 Å². The monoisotopic (exact) mass is 489 g/mol. The zero-order chi connectivity index (χ0) is 23.7. The van der Waals surface area contributed by atoms with Crippen molar-refractivity contribution in [2.75, 3.05) is 19.0 Å². The van der Waals surface area contributed by atoms with Gasteiger partial charge in [-0.05, 0) is 53.9 Å². The fourth-order valence-corrected chi connectivity index (χ4v) is 5.87. The molecule has 5 nitrogen and oxygen atoms in total. The average Bonchev–Trinajstić information content (AvgIpc) is 3.50. The number of methoxy groups -OCH3 is 1. The maximum absolute atomic E-state index is 6.08. The average molecular weight is 490 g/mol. The molecule has 1 aliphatic rings. The van der Waals surface area contributed by atoms with Gasteiger partial charge >= 0.3 is 0 Å². The predicted molar refractivity (Wildman–Crippen MR) is 144 cm³/mol. The first-order chi connectivity index (χ1) is 16.4. The first-order valence-electron chi connectivity index (χ1n) is 11.7. The summed E-state index contributed by atoms with van der Waals surface area (Å²) in [6.07, 6.45) is 0.943. The Balaban J connectivity index is 1.36. The molecule has 0 spiro atoms. The zero-order valence-corrected chi connectivity index (χ0v) is 22.0. The van der Waals surface area contributed by atoms with Crippen LogP contribution in [0.5, 0.6) is 5.75 Å². The van der Waals surface area contributed by atoms with Gasteiger partial charge in [0.05, 0.1) is 18.5 Å². The highest BCUT2D eigenvalue weighted by molar-refractivity contribution is 7.10. The molecule has 7 heteroatoms. The van der Waals surface area contributed by atoms with Crippen LogP contribution < -0.4 is 10.1 Å². The summed E-state index contributed by atoms with van der Waals surface area (Å²) < 4.78 is 13.4. The van der Waals surface area contributed by atoms with Gasteiger partial charge in [0.25, 0.3) is 0 Å². The molecule has 0 aliphatic heterocycles. The van der Waals surface area contributed by atoms with Gasteiger partial charge in [-0.25, -0.2) is 4.68 Å². The van der Waals surface area contributed by atoms with E-state index < -0.39 is 8.07 Å². The molecule has 0 atom stereocenters. The van der Waals surface area contributed by atoms with Crippen molar-refractivity contribution in [1.29, 1.82) is 0 Å². The molecular weight excluding hydrogens is 458 g/mol. The second kappa shape index (κ2) is 9.41. The largest absolute Gasteiger partial charge is 0.497 e. The van der Waals surface area contributed by atoms with Crippen molar-refractivity contribution < 1.29 is 9.47 Å². The number of hydrogen-bond acceptors (Lipinski definition) is 5. The molecule has 5 rings (SSSR count). The van der Waals surface area contributed by atoms with Gasteiger partial charge in [0.15, 0.2) is 0 Å². The van der Waals surface area contributed by atoms with E-state index in [0.29, 0.717) is 6.73 Å². The van der Waals surface area contributed by atoms with Crippen molar-refractivity contribution in [3.8, 4) is 28.3 Å². The number of ether oxygens (including phenoxy) is 2. The van der Waals surface area contributed by atoms with Crippen molar-refractivity contribution >= 4 is 30.8 Å². The number of aromatic nitrogens is 2. The van der Waals surface area contributed by atoms with Crippen LogP contribution in [-0.4, -0.2) is 31.6 Å². The molecule has 0 bridgehead atoms. The Labute approximate surface area is 206 Å². The van der Waals surface area contributed by atoms with Crippen LogP contribution in [-0.2, 0) is 17.9 Å². The molecule has 2 aromatic carbocycles. The maximum Gasteiger partial charge on any atom is 0.140 e. The van der Waals surface area contributed by atoms with Gasteiger partial charge in [-0.2, -0.15) is 5.10 Å². The Bertz CT molecular complexity index is 1270. The summed E-state index contributed by atoms with van der Waals surface area (Å²) in [6.45, 7) is 8.43. The fourth-order valence-electron chi connectivity index (χ4n) is 4.22. The molecule has 0 saturated carbocycles. The van der Waals surface area contributed by atoms with Crippen LogP contribution in [0.15, 0.2) is 60.0 Å². The fraction of sp³-hybridized carbons (Fsp3) is 0.296. The lowest BCUT2D eigenvalue weighted by Gasteiger charge is -2.15. The van der Waals surface area contributed by atoms with E-state index in [1.165, 1.54) is 21.7 Å². The van der Waals surface area contributed by atoms with Crippen LogP contribution in [0.3, 0.4) is 0 Å². The Kier molecular flexibility index (Phi) is 6.33. The molecule has 0 amide bonds. The molecule has 0 saturated heterocycles. The lowest BCUT2D eigenvalue weighted by molar-refractivity contribution is 0.0799. The first-order valence-corrected chi connectivity index (χ1v) is 16.3. The minimum absolute atomic E-state index is 0.499. The Morgan fingerprint density at radius 2 is 1.71 bits per heavy atom. The van der Waals surface area contributed by atoms with Crippen molar-refractivity contribution in [3.05, 3.63) is 70.4 Å². The smallest absolute Gasteiger partial charge is 0.140 e. The third kappa shape index (κ3) is 4.82. The number of nitrogens with one attached hydrogen (secondary N) is 1. The molecule has 1 aliphatic carbocycles. The second-order valence-corrected chi connectivity index (χ2v) is 16.5. The van der Waals surface area contributed by atoms with Crippen LogP contribution in [0.4, 0.5) is 11.4 Å². The molecule has 2 aromatic heterocycles. The predicted octanol–water partition coefficient (Wildman–Crippen LogP) is 7.25. The molecule has 34 heavy (non-hydrogen) atoms. The first kappa shape index (κ1) is 22.9. The van der Waals surface area contributed by atoms with E-state index >= 15 is 0 Å². The summed E-state index contributed by atoms with van der Waals surface area (Å²) in [7, 11) is 0.565. The van der Waals surface area contributed by atoms with Gasteiger partial charge < -0.3 is 14.8 Å². The number of hydrogen-bond donors (Lipinski definition) is 1. The van der Waals surface area contributed by atoms with Gasteiger partial charge in [-0.3, -0.25) is 0 Å². The number of benzene rings is 2. The van der Waals surface area contributed by atoms with E-state index in [-0.39, 0.29) is 0 Å². The Hall–Kier alpha value is -2.87.